The molecule has 0 aliphatic heterocycles. The SMILES string of the molecule is Cc1cc(Cl)cc(C)c1Oc1ncc(N)cc1C#N. The molecular formula is C14H12ClN3O. The van der Waals surface area contributed by atoms with Crippen LogP contribution in [0.25, 0.3) is 0 Å². The Bertz CT molecular complexity index is 654. The van der Waals surface area contributed by atoms with Crippen LogP contribution in [0, 0.1) is 25.2 Å². The standard InChI is InChI=1S/C14H12ClN3O/c1-8-3-11(15)4-9(2)13(8)19-14-10(6-16)5-12(17)7-18-14/h3-5,7H,17H2,1-2H3. The first-order valence-electron chi connectivity index (χ1n) is 5.61. The number of nitrogens with two attached hydrogens (primary N) is 1. The van der Waals surface area contributed by atoms with E-state index in [1.807, 2.05) is 19.9 Å². The zero-order valence-corrected chi connectivity index (χ0v) is 11.3. The molecule has 0 amide bonds. The number of nitriles is 1. The molecule has 0 aliphatic carbocycles. The maximum absolute atomic E-state index is 9.06. The number of rotatable bonds is 2. The molecule has 5 heteroatoms. The Morgan fingerprint density at radius 2 is 1.89 bits per heavy atom. The summed E-state index contributed by atoms with van der Waals surface area (Å²) in [5.41, 5.74) is 8.08. The molecule has 0 saturated carbocycles. The molecule has 0 radical (unpaired) electrons. The predicted molar refractivity (Wildman–Crippen MR) is 74.4 cm³/mol. The van der Waals surface area contributed by atoms with Crippen molar-refractivity contribution >= 4 is 17.3 Å². The Morgan fingerprint density at radius 3 is 2.47 bits per heavy atom. The number of nitrogens with zero attached hydrogens (tertiary/aromatic N) is 2. The predicted octanol–water partition coefficient (Wildman–Crippen LogP) is 3.60. The number of halogens is 1. The average Bonchev–Trinajstić information content (AvgIpc) is 2.35. The summed E-state index contributed by atoms with van der Waals surface area (Å²) in [6, 6.07) is 7.14. The van der Waals surface area contributed by atoms with Crippen molar-refractivity contribution < 1.29 is 4.74 Å². The van der Waals surface area contributed by atoms with Gasteiger partial charge in [-0.15, -0.1) is 0 Å². The number of nitrogen functional groups attached to an aromatic ring is 1. The molecule has 0 saturated heterocycles. The van der Waals surface area contributed by atoms with E-state index in [2.05, 4.69) is 4.98 Å². The number of pyridine rings is 1. The van der Waals surface area contributed by atoms with Gasteiger partial charge in [-0.1, -0.05) is 11.6 Å². The quantitative estimate of drug-likeness (QED) is 0.907. The first kappa shape index (κ1) is 13.2. The molecule has 0 bridgehead atoms. The third-order valence-electron chi connectivity index (χ3n) is 2.62. The highest BCUT2D eigenvalue weighted by Crippen LogP contribution is 2.32. The first-order valence-corrected chi connectivity index (χ1v) is 5.99. The summed E-state index contributed by atoms with van der Waals surface area (Å²) in [6.07, 6.45) is 1.46. The Balaban J connectivity index is 2.45. The van der Waals surface area contributed by atoms with Gasteiger partial charge in [0, 0.05) is 5.02 Å². The topological polar surface area (TPSA) is 71.9 Å². The van der Waals surface area contributed by atoms with E-state index in [-0.39, 0.29) is 5.88 Å². The lowest BCUT2D eigenvalue weighted by Crippen LogP contribution is -1.97. The van der Waals surface area contributed by atoms with Crippen molar-refractivity contribution in [3.8, 4) is 17.7 Å². The minimum absolute atomic E-state index is 0.241. The van der Waals surface area contributed by atoms with Gasteiger partial charge in [0.2, 0.25) is 5.88 Å². The second kappa shape index (κ2) is 5.17. The fourth-order valence-corrected chi connectivity index (χ4v) is 2.11. The number of hydrogen-bond acceptors (Lipinski definition) is 4. The van der Waals surface area contributed by atoms with E-state index < -0.39 is 0 Å². The molecule has 0 fully saturated rings. The Labute approximate surface area is 116 Å². The second-order valence-corrected chi connectivity index (χ2v) is 4.64. The summed E-state index contributed by atoms with van der Waals surface area (Å²) in [5, 5.41) is 9.70. The Kier molecular flexibility index (Phi) is 3.59. The molecular weight excluding hydrogens is 262 g/mol. The lowest BCUT2D eigenvalue weighted by molar-refractivity contribution is 0.454. The van der Waals surface area contributed by atoms with Crippen molar-refractivity contribution in [2.24, 2.45) is 0 Å². The minimum atomic E-state index is 0.241. The molecule has 1 aromatic heterocycles. The van der Waals surface area contributed by atoms with Gasteiger partial charge in [-0.3, -0.25) is 0 Å². The van der Waals surface area contributed by atoms with Gasteiger partial charge in [0.05, 0.1) is 11.9 Å². The molecule has 0 unspecified atom stereocenters. The third-order valence-corrected chi connectivity index (χ3v) is 2.83. The average molecular weight is 274 g/mol. The van der Waals surface area contributed by atoms with E-state index in [4.69, 9.17) is 27.3 Å². The van der Waals surface area contributed by atoms with Gasteiger partial charge in [0.25, 0.3) is 0 Å². The summed E-state index contributed by atoms with van der Waals surface area (Å²) >= 11 is 5.96. The third kappa shape index (κ3) is 2.78. The molecule has 2 rings (SSSR count). The Morgan fingerprint density at radius 1 is 1.26 bits per heavy atom. The van der Waals surface area contributed by atoms with E-state index >= 15 is 0 Å². The van der Waals surface area contributed by atoms with E-state index in [9.17, 15) is 0 Å². The van der Waals surface area contributed by atoms with Crippen LogP contribution in [0.3, 0.4) is 0 Å². The van der Waals surface area contributed by atoms with Crippen LogP contribution in [-0.4, -0.2) is 4.98 Å². The van der Waals surface area contributed by atoms with Crippen LogP contribution >= 0.6 is 11.6 Å². The van der Waals surface area contributed by atoms with E-state index in [1.54, 1.807) is 12.1 Å². The molecule has 0 aliphatic rings. The van der Waals surface area contributed by atoms with Crippen LogP contribution in [0.5, 0.6) is 11.6 Å². The van der Waals surface area contributed by atoms with Crippen LogP contribution in [0.4, 0.5) is 5.69 Å². The number of hydrogen-bond donors (Lipinski definition) is 1. The fourth-order valence-electron chi connectivity index (χ4n) is 1.78. The number of benzene rings is 1. The second-order valence-electron chi connectivity index (χ2n) is 4.20. The van der Waals surface area contributed by atoms with Crippen LogP contribution < -0.4 is 10.5 Å². The zero-order valence-electron chi connectivity index (χ0n) is 10.6. The highest BCUT2D eigenvalue weighted by Gasteiger charge is 2.11. The molecule has 1 aromatic carbocycles. The van der Waals surface area contributed by atoms with Gasteiger partial charge >= 0.3 is 0 Å². The summed E-state index contributed by atoms with van der Waals surface area (Å²) in [6.45, 7) is 3.77. The fraction of sp³-hybridized carbons (Fsp3) is 0.143. The molecule has 2 aromatic rings. The summed E-state index contributed by atoms with van der Waals surface area (Å²) in [7, 11) is 0. The van der Waals surface area contributed by atoms with Crippen molar-refractivity contribution in [3.05, 3.63) is 46.1 Å². The normalized spacial score (nSPS) is 10.0. The smallest absolute Gasteiger partial charge is 0.237 e. The van der Waals surface area contributed by atoms with Gasteiger partial charge in [0.15, 0.2) is 0 Å². The van der Waals surface area contributed by atoms with Gasteiger partial charge in [-0.2, -0.15) is 5.26 Å². The van der Waals surface area contributed by atoms with E-state index in [1.165, 1.54) is 12.3 Å². The molecule has 96 valence electrons. The van der Waals surface area contributed by atoms with Gasteiger partial charge in [-0.25, -0.2) is 4.98 Å². The van der Waals surface area contributed by atoms with Crippen molar-refractivity contribution in [2.75, 3.05) is 5.73 Å². The van der Waals surface area contributed by atoms with Crippen LogP contribution in [-0.2, 0) is 0 Å². The van der Waals surface area contributed by atoms with Gasteiger partial charge in [-0.05, 0) is 43.2 Å². The molecule has 0 spiro atoms. The maximum atomic E-state index is 9.06. The number of aromatic nitrogens is 1. The lowest BCUT2D eigenvalue weighted by atomic mass is 10.1. The van der Waals surface area contributed by atoms with Gasteiger partial charge in [0.1, 0.15) is 17.4 Å². The van der Waals surface area contributed by atoms with Crippen LogP contribution in [0.2, 0.25) is 5.02 Å². The molecule has 0 atom stereocenters. The van der Waals surface area contributed by atoms with Crippen LogP contribution in [0.15, 0.2) is 24.4 Å². The van der Waals surface area contributed by atoms with Crippen molar-refractivity contribution in [1.82, 2.24) is 4.98 Å². The van der Waals surface area contributed by atoms with E-state index in [0.717, 1.165) is 11.1 Å². The minimum Gasteiger partial charge on any atom is -0.437 e. The monoisotopic (exact) mass is 273 g/mol. The maximum Gasteiger partial charge on any atom is 0.237 e. The van der Waals surface area contributed by atoms with Crippen molar-refractivity contribution in [3.63, 3.8) is 0 Å². The summed E-state index contributed by atoms with van der Waals surface area (Å²) in [5.74, 6) is 0.892. The number of anilines is 1. The van der Waals surface area contributed by atoms with E-state index in [0.29, 0.717) is 22.0 Å². The summed E-state index contributed by atoms with van der Waals surface area (Å²) in [4.78, 5) is 4.05. The Hall–Kier alpha value is -2.25. The highest BCUT2D eigenvalue weighted by atomic mass is 35.5. The first-order chi connectivity index (χ1) is 9.01. The number of ether oxygens (including phenoxy) is 1. The molecule has 19 heavy (non-hydrogen) atoms. The molecule has 4 nitrogen and oxygen atoms in total. The highest BCUT2D eigenvalue weighted by molar-refractivity contribution is 6.30. The summed E-state index contributed by atoms with van der Waals surface area (Å²) < 4.78 is 5.72. The largest absolute Gasteiger partial charge is 0.437 e. The van der Waals surface area contributed by atoms with Crippen molar-refractivity contribution in [2.45, 2.75) is 13.8 Å². The number of aryl methyl sites for hydroxylation is 2. The van der Waals surface area contributed by atoms with Crippen molar-refractivity contribution in [1.29, 1.82) is 5.26 Å². The van der Waals surface area contributed by atoms with Crippen LogP contribution in [0.1, 0.15) is 16.7 Å². The molecule has 2 N–H and O–H groups in total. The molecule has 1 heterocycles. The van der Waals surface area contributed by atoms with Gasteiger partial charge < -0.3 is 10.5 Å². The lowest BCUT2D eigenvalue weighted by Gasteiger charge is -2.12. The zero-order chi connectivity index (χ0) is 14.0.